The second kappa shape index (κ2) is 12.1. The third-order valence-corrected chi connectivity index (χ3v) is 8.68. The summed E-state index contributed by atoms with van der Waals surface area (Å²) >= 11 is 0. The maximum Gasteiger partial charge on any atom is 0.257 e. The summed E-state index contributed by atoms with van der Waals surface area (Å²) in [5.74, 6) is 1.70. The number of aryl methyl sites for hydroxylation is 1. The molecule has 40 heavy (non-hydrogen) atoms. The number of fused-ring (bicyclic) bond motifs is 2. The Morgan fingerprint density at radius 2 is 1.95 bits per heavy atom. The highest BCUT2D eigenvalue weighted by Crippen LogP contribution is 2.38. The van der Waals surface area contributed by atoms with E-state index in [4.69, 9.17) is 19.4 Å². The normalized spacial score (nSPS) is 20.1. The second-order valence-electron chi connectivity index (χ2n) is 11.6. The van der Waals surface area contributed by atoms with Crippen LogP contribution in [0.15, 0.2) is 24.5 Å². The summed E-state index contributed by atoms with van der Waals surface area (Å²) in [4.78, 5) is 18.6. The van der Waals surface area contributed by atoms with Gasteiger partial charge in [-0.3, -0.25) is 9.97 Å². The highest BCUT2D eigenvalue weighted by Gasteiger charge is 2.26. The Morgan fingerprint density at radius 1 is 1.10 bits per heavy atom. The number of likely N-dealkylation sites (tertiary alicyclic amines) is 1. The van der Waals surface area contributed by atoms with Crippen LogP contribution in [-0.2, 0) is 12.8 Å². The van der Waals surface area contributed by atoms with Crippen LogP contribution in [0.2, 0.25) is 0 Å². The lowest BCUT2D eigenvalue weighted by Crippen LogP contribution is -2.39. The van der Waals surface area contributed by atoms with Crippen molar-refractivity contribution >= 4 is 22.4 Å². The van der Waals surface area contributed by atoms with Gasteiger partial charge in [0, 0.05) is 50.2 Å². The van der Waals surface area contributed by atoms with Crippen molar-refractivity contribution in [2.24, 2.45) is 5.92 Å². The number of anilines is 2. The first-order chi connectivity index (χ1) is 19.6. The summed E-state index contributed by atoms with van der Waals surface area (Å²) in [5.41, 5.74) is 5.86. The molecule has 5 heterocycles. The first-order valence-electron chi connectivity index (χ1n) is 15.0. The molecule has 2 aliphatic heterocycles. The topological polar surface area (TPSA) is 75.6 Å². The fourth-order valence-corrected chi connectivity index (χ4v) is 6.51. The number of piperidine rings is 1. The number of hydrogen-bond donors (Lipinski definition) is 1. The maximum atomic E-state index is 14.3. The number of halogens is 1. The van der Waals surface area contributed by atoms with Crippen LogP contribution >= 0.6 is 0 Å². The number of aromatic nitrogens is 3. The van der Waals surface area contributed by atoms with Crippen molar-refractivity contribution in [2.75, 3.05) is 56.7 Å². The molecule has 3 aromatic rings. The van der Waals surface area contributed by atoms with Gasteiger partial charge in [-0.15, -0.1) is 0 Å². The van der Waals surface area contributed by atoms with Gasteiger partial charge in [0.05, 0.1) is 36.8 Å². The summed E-state index contributed by atoms with van der Waals surface area (Å²) in [6.45, 7) is 7.95. The lowest BCUT2D eigenvalue weighted by atomic mass is 9.93. The first kappa shape index (κ1) is 27.0. The van der Waals surface area contributed by atoms with Crippen LogP contribution in [0.25, 0.3) is 11.0 Å². The molecule has 9 heteroatoms. The van der Waals surface area contributed by atoms with Crippen molar-refractivity contribution in [3.63, 3.8) is 0 Å². The molecule has 3 aromatic heterocycles. The van der Waals surface area contributed by atoms with Crippen molar-refractivity contribution in [3.8, 4) is 11.6 Å². The van der Waals surface area contributed by atoms with E-state index in [1.54, 1.807) is 19.4 Å². The second-order valence-corrected chi connectivity index (χ2v) is 11.6. The summed E-state index contributed by atoms with van der Waals surface area (Å²) in [6, 6.07) is 4.04. The molecule has 6 rings (SSSR count). The third-order valence-electron chi connectivity index (χ3n) is 8.68. The van der Waals surface area contributed by atoms with Crippen molar-refractivity contribution in [1.82, 2.24) is 19.9 Å². The van der Waals surface area contributed by atoms with Gasteiger partial charge < -0.3 is 24.6 Å². The zero-order valence-electron chi connectivity index (χ0n) is 23.8. The van der Waals surface area contributed by atoms with Gasteiger partial charge >= 0.3 is 0 Å². The minimum atomic E-state index is -0.261. The molecule has 0 aromatic carbocycles. The van der Waals surface area contributed by atoms with Gasteiger partial charge in [-0.1, -0.05) is 6.92 Å². The van der Waals surface area contributed by atoms with E-state index in [1.807, 2.05) is 6.07 Å². The van der Waals surface area contributed by atoms with Gasteiger partial charge in [-0.2, -0.15) is 0 Å². The number of nitrogens with one attached hydrogen (secondary N) is 1. The van der Waals surface area contributed by atoms with Gasteiger partial charge in [-0.25, -0.2) is 9.37 Å². The lowest BCUT2D eigenvalue weighted by Gasteiger charge is -2.35. The largest absolute Gasteiger partial charge is 0.488 e. The van der Waals surface area contributed by atoms with Crippen LogP contribution in [-0.4, -0.2) is 72.3 Å². The average molecular weight is 549 g/mol. The van der Waals surface area contributed by atoms with Crippen molar-refractivity contribution < 1.29 is 13.9 Å². The molecule has 2 saturated heterocycles. The number of ether oxygens (including phenoxy) is 2. The molecule has 0 saturated carbocycles. The Bertz CT molecular complexity index is 1330. The summed E-state index contributed by atoms with van der Waals surface area (Å²) in [7, 11) is 1.65. The van der Waals surface area contributed by atoms with Crippen LogP contribution < -0.4 is 19.7 Å². The van der Waals surface area contributed by atoms with Gasteiger partial charge in [0.25, 0.3) is 5.88 Å². The Morgan fingerprint density at radius 3 is 2.73 bits per heavy atom. The molecule has 3 aliphatic rings. The van der Waals surface area contributed by atoms with Gasteiger partial charge in [0.15, 0.2) is 11.6 Å². The highest BCUT2D eigenvalue weighted by molar-refractivity contribution is 5.91. The van der Waals surface area contributed by atoms with E-state index < -0.39 is 0 Å². The molecule has 1 aliphatic carbocycles. The van der Waals surface area contributed by atoms with E-state index in [1.165, 1.54) is 37.0 Å². The molecular formula is C31H41FN6O2. The highest BCUT2D eigenvalue weighted by atomic mass is 19.1. The van der Waals surface area contributed by atoms with Crippen LogP contribution in [0.4, 0.5) is 15.8 Å². The smallest absolute Gasteiger partial charge is 0.257 e. The molecule has 0 spiro atoms. The molecule has 2 fully saturated rings. The van der Waals surface area contributed by atoms with Gasteiger partial charge in [0.1, 0.15) is 5.52 Å². The Labute approximate surface area is 236 Å². The van der Waals surface area contributed by atoms with Crippen LogP contribution in [0, 0.1) is 11.7 Å². The summed E-state index contributed by atoms with van der Waals surface area (Å²) < 4.78 is 26.2. The molecular weight excluding hydrogens is 507 g/mol. The molecule has 1 unspecified atom stereocenters. The quantitative estimate of drug-likeness (QED) is 0.364. The molecule has 0 amide bonds. The van der Waals surface area contributed by atoms with Crippen LogP contribution in [0.3, 0.4) is 0 Å². The predicted octanol–water partition coefficient (Wildman–Crippen LogP) is 5.24. The van der Waals surface area contributed by atoms with E-state index in [9.17, 15) is 4.39 Å². The SMILES string of the molecule is COc1nc2c(NC3CCN(c4ccncc4F)CC3)c3c(nc2cc1OCCCN1CCC(C)C1)CCCC3. The molecule has 0 bridgehead atoms. The maximum absolute atomic E-state index is 14.3. The summed E-state index contributed by atoms with van der Waals surface area (Å²) in [5, 5.41) is 3.86. The van der Waals surface area contributed by atoms with Crippen molar-refractivity contribution in [3.05, 3.63) is 41.6 Å². The number of nitrogens with zero attached hydrogens (tertiary/aromatic N) is 5. The monoisotopic (exact) mass is 548 g/mol. The Balaban J connectivity index is 1.20. The number of rotatable bonds is 9. The Kier molecular flexibility index (Phi) is 8.18. The molecule has 1 N–H and O–H groups in total. The molecule has 1 atom stereocenters. The van der Waals surface area contributed by atoms with Crippen LogP contribution in [0.1, 0.15) is 56.7 Å². The minimum absolute atomic E-state index is 0.261. The number of pyridine rings is 3. The van der Waals surface area contributed by atoms with Gasteiger partial charge in [-0.05, 0) is 75.5 Å². The fraction of sp³-hybridized carbons (Fsp3) is 0.581. The lowest BCUT2D eigenvalue weighted by molar-refractivity contribution is 0.249. The van der Waals surface area contributed by atoms with E-state index >= 15 is 0 Å². The van der Waals surface area contributed by atoms with E-state index in [0.717, 1.165) is 87.2 Å². The van der Waals surface area contributed by atoms with Gasteiger partial charge in [0.2, 0.25) is 0 Å². The van der Waals surface area contributed by atoms with Crippen LogP contribution in [0.5, 0.6) is 11.6 Å². The minimum Gasteiger partial charge on any atom is -0.488 e. The van der Waals surface area contributed by atoms with Crippen molar-refractivity contribution in [1.29, 1.82) is 0 Å². The average Bonchev–Trinajstić information content (AvgIpc) is 3.40. The zero-order valence-corrected chi connectivity index (χ0v) is 23.8. The molecule has 214 valence electrons. The standard InChI is InChI=1S/C31H41FN6O2/c1-21-9-14-37(20-21)13-5-17-40-28-18-26-30(36-31(28)39-2)29(23-6-3-4-7-25(23)35-26)34-22-10-15-38(16-11-22)27-8-12-33-19-24(27)32/h8,12,18-19,21-22H,3-7,9-11,13-17,20H2,1-2H3,(H,34,35). The Hall–Kier alpha value is -3.20. The fourth-order valence-electron chi connectivity index (χ4n) is 6.51. The third kappa shape index (κ3) is 5.80. The first-order valence-corrected chi connectivity index (χ1v) is 15.0. The van der Waals surface area contributed by atoms with E-state index in [2.05, 4.69) is 27.0 Å². The zero-order chi connectivity index (χ0) is 27.5. The summed E-state index contributed by atoms with van der Waals surface area (Å²) in [6.07, 6.45) is 11.3. The van der Waals surface area contributed by atoms with E-state index in [0.29, 0.717) is 23.9 Å². The van der Waals surface area contributed by atoms with E-state index in [-0.39, 0.29) is 11.9 Å². The molecule has 8 nitrogen and oxygen atoms in total. The molecule has 0 radical (unpaired) electrons. The predicted molar refractivity (Wildman–Crippen MR) is 156 cm³/mol. The number of methoxy groups -OCH3 is 1. The van der Waals surface area contributed by atoms with Crippen molar-refractivity contribution in [2.45, 2.75) is 64.3 Å². The number of hydrogen-bond acceptors (Lipinski definition) is 8.